The average molecular weight is 264 g/mol. The summed E-state index contributed by atoms with van der Waals surface area (Å²) >= 11 is 0. The van der Waals surface area contributed by atoms with Gasteiger partial charge in [-0.25, -0.2) is 4.79 Å². The fourth-order valence-electron chi connectivity index (χ4n) is 1.89. The Labute approximate surface area is 105 Å². The lowest BCUT2D eigenvalue weighted by atomic mass is 10.2. The van der Waals surface area contributed by atoms with Crippen molar-refractivity contribution in [3.8, 4) is 0 Å². The normalized spacial score (nSPS) is 18.8. The van der Waals surface area contributed by atoms with Crippen molar-refractivity contribution < 1.29 is 9.90 Å². The van der Waals surface area contributed by atoms with Crippen LogP contribution in [0.5, 0.6) is 0 Å². The second-order valence-electron chi connectivity index (χ2n) is 4.56. The van der Waals surface area contributed by atoms with E-state index in [1.807, 2.05) is 10.8 Å². The molecule has 1 heterocycles. The Morgan fingerprint density at radius 3 is 2.31 bits per heavy atom. The second-order valence-corrected chi connectivity index (χ2v) is 7.66. The number of carbonyl (C=O) groups is 1. The van der Waals surface area contributed by atoms with Crippen LogP contribution in [0.2, 0.25) is 0 Å². The predicted octanol–water partition coefficient (Wildman–Crippen LogP) is 2.07. The number of hydrogen-bond acceptors (Lipinski definition) is 4. The second kappa shape index (κ2) is 6.02. The van der Waals surface area contributed by atoms with Gasteiger partial charge in [0.25, 0.3) is 0 Å². The van der Waals surface area contributed by atoms with Gasteiger partial charge in [0.15, 0.2) is 0 Å². The molecule has 0 bridgehead atoms. The van der Waals surface area contributed by atoms with Crippen LogP contribution in [-0.4, -0.2) is 64.7 Å². The van der Waals surface area contributed by atoms with E-state index in [4.69, 9.17) is 5.11 Å². The molecule has 0 aromatic carbocycles. The van der Waals surface area contributed by atoms with Gasteiger partial charge in [0, 0.05) is 37.5 Å². The van der Waals surface area contributed by atoms with Crippen LogP contribution in [-0.2, 0) is 0 Å². The first-order chi connectivity index (χ1) is 7.44. The van der Waals surface area contributed by atoms with Gasteiger partial charge in [0.1, 0.15) is 0 Å². The highest BCUT2D eigenvalue weighted by atomic mass is 33.1. The molecule has 0 radical (unpaired) electrons. The fourth-order valence-corrected chi connectivity index (χ4v) is 4.09. The van der Waals surface area contributed by atoms with Gasteiger partial charge in [-0.3, -0.25) is 4.90 Å². The molecule has 1 amide bonds. The van der Waals surface area contributed by atoms with Crippen LogP contribution >= 0.6 is 21.6 Å². The molecule has 0 atom stereocenters. The Balaban J connectivity index is 2.34. The van der Waals surface area contributed by atoms with Crippen LogP contribution in [0, 0.1) is 0 Å². The van der Waals surface area contributed by atoms with Crippen LogP contribution in [0.1, 0.15) is 13.8 Å². The maximum absolute atomic E-state index is 10.7. The summed E-state index contributed by atoms with van der Waals surface area (Å²) in [4.78, 5) is 14.6. The monoisotopic (exact) mass is 264 g/mol. The summed E-state index contributed by atoms with van der Waals surface area (Å²) in [6.45, 7) is 8.46. The first kappa shape index (κ1) is 14.0. The van der Waals surface area contributed by atoms with E-state index in [0.717, 1.165) is 19.6 Å². The number of piperazine rings is 1. The maximum Gasteiger partial charge on any atom is 0.407 e. The minimum absolute atomic E-state index is 0.227. The Morgan fingerprint density at radius 2 is 1.88 bits per heavy atom. The van der Waals surface area contributed by atoms with Crippen LogP contribution in [0.15, 0.2) is 0 Å². The van der Waals surface area contributed by atoms with Gasteiger partial charge in [0.2, 0.25) is 0 Å². The van der Waals surface area contributed by atoms with E-state index in [1.54, 1.807) is 10.8 Å². The maximum atomic E-state index is 10.7. The van der Waals surface area contributed by atoms with Gasteiger partial charge >= 0.3 is 6.09 Å². The third kappa shape index (κ3) is 4.43. The third-order valence-corrected chi connectivity index (χ3v) is 5.16. The predicted molar refractivity (Wildman–Crippen MR) is 71.2 cm³/mol. The summed E-state index contributed by atoms with van der Waals surface area (Å²) in [5.74, 6) is 0. The van der Waals surface area contributed by atoms with Gasteiger partial charge in [-0.15, -0.1) is 0 Å². The van der Waals surface area contributed by atoms with Crippen molar-refractivity contribution in [2.75, 3.05) is 39.0 Å². The highest BCUT2D eigenvalue weighted by Crippen LogP contribution is 2.34. The van der Waals surface area contributed by atoms with E-state index in [0.29, 0.717) is 13.1 Å². The van der Waals surface area contributed by atoms with Crippen LogP contribution in [0.3, 0.4) is 0 Å². The van der Waals surface area contributed by atoms with Crippen molar-refractivity contribution in [1.29, 1.82) is 0 Å². The smallest absolute Gasteiger partial charge is 0.407 e. The van der Waals surface area contributed by atoms with E-state index in [-0.39, 0.29) is 4.75 Å². The summed E-state index contributed by atoms with van der Waals surface area (Å²) in [6.07, 6.45) is 1.30. The molecular weight excluding hydrogens is 244 g/mol. The Hall–Kier alpha value is -0.0700. The van der Waals surface area contributed by atoms with Crippen molar-refractivity contribution in [2.45, 2.75) is 18.6 Å². The summed E-state index contributed by atoms with van der Waals surface area (Å²) in [6, 6.07) is 0. The van der Waals surface area contributed by atoms with Crippen molar-refractivity contribution in [1.82, 2.24) is 9.80 Å². The zero-order chi connectivity index (χ0) is 12.2. The van der Waals surface area contributed by atoms with Crippen molar-refractivity contribution in [3.05, 3.63) is 0 Å². The van der Waals surface area contributed by atoms with Crippen LogP contribution in [0.25, 0.3) is 0 Å². The average Bonchev–Trinajstić information content (AvgIpc) is 2.17. The number of carboxylic acid groups (broad SMARTS) is 1. The standard InChI is InChI=1S/C10H20N2O2S2/c1-10(2,16-15-3)8-11-4-6-12(7-5-11)9(13)14/h4-8H2,1-3H3,(H,13,14). The molecule has 0 unspecified atom stereocenters. The van der Waals surface area contributed by atoms with E-state index in [1.165, 1.54) is 4.90 Å². The number of nitrogens with zero attached hydrogens (tertiary/aromatic N) is 2. The summed E-state index contributed by atoms with van der Waals surface area (Å²) in [5.41, 5.74) is 0. The van der Waals surface area contributed by atoms with Gasteiger partial charge in [-0.2, -0.15) is 0 Å². The molecule has 0 aliphatic carbocycles. The van der Waals surface area contributed by atoms with Gasteiger partial charge in [-0.05, 0) is 20.1 Å². The van der Waals surface area contributed by atoms with Crippen molar-refractivity contribution in [2.24, 2.45) is 0 Å². The molecule has 1 N–H and O–H groups in total. The highest BCUT2D eigenvalue weighted by Gasteiger charge is 2.26. The van der Waals surface area contributed by atoms with E-state index in [9.17, 15) is 4.79 Å². The Morgan fingerprint density at radius 1 is 1.31 bits per heavy atom. The number of amides is 1. The molecule has 1 rings (SSSR count). The van der Waals surface area contributed by atoms with Crippen molar-refractivity contribution in [3.63, 3.8) is 0 Å². The molecule has 1 aliphatic heterocycles. The lowest BCUT2D eigenvalue weighted by Crippen LogP contribution is -2.51. The van der Waals surface area contributed by atoms with Gasteiger partial charge in [0.05, 0.1) is 0 Å². The van der Waals surface area contributed by atoms with Gasteiger partial charge < -0.3 is 10.0 Å². The first-order valence-corrected chi connectivity index (χ1v) is 7.92. The molecular formula is C10H20N2O2S2. The molecule has 6 heteroatoms. The zero-order valence-electron chi connectivity index (χ0n) is 10.1. The lowest BCUT2D eigenvalue weighted by molar-refractivity contribution is 0.103. The fraction of sp³-hybridized carbons (Fsp3) is 0.900. The zero-order valence-corrected chi connectivity index (χ0v) is 11.7. The van der Waals surface area contributed by atoms with Crippen LogP contribution < -0.4 is 0 Å². The molecule has 1 saturated heterocycles. The molecule has 1 aliphatic rings. The topological polar surface area (TPSA) is 43.8 Å². The first-order valence-electron chi connectivity index (χ1n) is 5.37. The molecule has 0 aromatic rings. The largest absolute Gasteiger partial charge is 0.465 e. The van der Waals surface area contributed by atoms with Crippen molar-refractivity contribution >= 4 is 27.7 Å². The lowest BCUT2D eigenvalue weighted by Gasteiger charge is -2.37. The summed E-state index contributed by atoms with van der Waals surface area (Å²) in [5, 5.41) is 8.84. The minimum Gasteiger partial charge on any atom is -0.465 e. The van der Waals surface area contributed by atoms with Gasteiger partial charge in [-0.1, -0.05) is 21.6 Å². The molecule has 4 nitrogen and oxygen atoms in total. The third-order valence-electron chi connectivity index (χ3n) is 2.56. The molecule has 16 heavy (non-hydrogen) atoms. The van der Waals surface area contributed by atoms with Crippen LogP contribution in [0.4, 0.5) is 4.79 Å². The SMILES string of the molecule is CSSC(C)(C)CN1CCN(C(=O)O)CC1. The summed E-state index contributed by atoms with van der Waals surface area (Å²) in [7, 11) is 3.67. The van der Waals surface area contributed by atoms with E-state index < -0.39 is 6.09 Å². The van der Waals surface area contributed by atoms with E-state index in [2.05, 4.69) is 25.0 Å². The molecule has 0 aromatic heterocycles. The molecule has 94 valence electrons. The Kier molecular flexibility index (Phi) is 5.27. The summed E-state index contributed by atoms with van der Waals surface area (Å²) < 4.78 is 0.227. The molecule has 0 spiro atoms. The molecule has 1 fully saturated rings. The minimum atomic E-state index is -0.794. The molecule has 0 saturated carbocycles. The number of hydrogen-bond donors (Lipinski definition) is 1. The van der Waals surface area contributed by atoms with E-state index >= 15 is 0 Å². The highest BCUT2D eigenvalue weighted by molar-refractivity contribution is 8.76. The quantitative estimate of drug-likeness (QED) is 0.788. The Bertz CT molecular complexity index is 241. The number of rotatable bonds is 4.